The highest BCUT2D eigenvalue weighted by Crippen LogP contribution is 2.18. The Bertz CT molecular complexity index is 405. The molecule has 0 aliphatic carbocycles. The summed E-state index contributed by atoms with van der Waals surface area (Å²) in [5, 5.41) is 9.17. The van der Waals surface area contributed by atoms with Gasteiger partial charge in [0, 0.05) is 13.0 Å². The Kier molecular flexibility index (Phi) is 4.31. The zero-order valence-corrected chi connectivity index (χ0v) is 10.3. The van der Waals surface area contributed by atoms with Crippen LogP contribution in [0.3, 0.4) is 0 Å². The molecule has 1 heterocycles. The van der Waals surface area contributed by atoms with E-state index in [0.717, 1.165) is 24.9 Å². The van der Waals surface area contributed by atoms with Gasteiger partial charge in [0.05, 0.1) is 12.6 Å². The van der Waals surface area contributed by atoms with Gasteiger partial charge in [0.15, 0.2) is 0 Å². The van der Waals surface area contributed by atoms with Gasteiger partial charge in [0.2, 0.25) is 5.91 Å². The van der Waals surface area contributed by atoms with Gasteiger partial charge >= 0.3 is 0 Å². The minimum Gasteiger partial charge on any atom is -0.394 e. The average molecular weight is 251 g/mol. The number of aliphatic hydroxyl groups is 1. The first-order valence-electron chi connectivity index (χ1n) is 6.35. The molecule has 18 heavy (non-hydrogen) atoms. The first-order chi connectivity index (χ1) is 8.70. The van der Waals surface area contributed by atoms with Crippen molar-refractivity contribution < 1.29 is 14.3 Å². The number of hydrogen-bond donors (Lipinski definition) is 1. The Hall–Kier alpha value is -1.42. The summed E-state index contributed by atoms with van der Waals surface area (Å²) in [6.07, 6.45) is 2.89. The van der Waals surface area contributed by atoms with Gasteiger partial charge in [-0.1, -0.05) is 12.1 Å². The van der Waals surface area contributed by atoms with Crippen LogP contribution >= 0.6 is 0 Å². The molecule has 1 aromatic carbocycles. The fourth-order valence-electron chi connectivity index (χ4n) is 2.40. The second kappa shape index (κ2) is 5.96. The van der Waals surface area contributed by atoms with E-state index in [0.29, 0.717) is 12.8 Å². The van der Waals surface area contributed by atoms with E-state index in [1.807, 2.05) is 0 Å². The average Bonchev–Trinajstić information content (AvgIpc) is 2.86. The van der Waals surface area contributed by atoms with Crippen LogP contribution in [0, 0.1) is 5.82 Å². The Morgan fingerprint density at radius 3 is 2.78 bits per heavy atom. The van der Waals surface area contributed by atoms with Gasteiger partial charge in [-0.2, -0.15) is 0 Å². The molecule has 0 bridgehead atoms. The van der Waals surface area contributed by atoms with E-state index in [9.17, 15) is 9.18 Å². The van der Waals surface area contributed by atoms with E-state index in [4.69, 9.17) is 5.11 Å². The van der Waals surface area contributed by atoms with E-state index in [1.54, 1.807) is 17.0 Å². The molecule has 0 aromatic heterocycles. The van der Waals surface area contributed by atoms with Crippen molar-refractivity contribution in [2.24, 2.45) is 0 Å². The molecule has 4 heteroatoms. The van der Waals surface area contributed by atoms with Crippen molar-refractivity contribution in [2.45, 2.75) is 31.7 Å². The number of aliphatic hydroxyl groups excluding tert-OH is 1. The summed E-state index contributed by atoms with van der Waals surface area (Å²) in [5.74, 6) is -0.180. The maximum absolute atomic E-state index is 12.7. The maximum atomic E-state index is 12.7. The highest BCUT2D eigenvalue weighted by Gasteiger charge is 2.27. The van der Waals surface area contributed by atoms with Gasteiger partial charge in [-0.3, -0.25) is 4.79 Å². The number of hydrogen-bond acceptors (Lipinski definition) is 2. The molecule has 1 amide bonds. The summed E-state index contributed by atoms with van der Waals surface area (Å²) in [6, 6.07) is 6.22. The lowest BCUT2D eigenvalue weighted by atomic mass is 10.1. The molecule has 1 atom stereocenters. The number of halogens is 1. The quantitative estimate of drug-likeness (QED) is 0.885. The van der Waals surface area contributed by atoms with E-state index in [2.05, 4.69) is 0 Å². The number of carbonyl (C=O) groups is 1. The Balaban J connectivity index is 1.86. The van der Waals surface area contributed by atoms with Crippen molar-refractivity contribution in [1.82, 2.24) is 4.90 Å². The number of nitrogens with zero attached hydrogens (tertiary/aromatic N) is 1. The molecule has 0 radical (unpaired) electrons. The van der Waals surface area contributed by atoms with Gasteiger partial charge < -0.3 is 10.0 Å². The van der Waals surface area contributed by atoms with Gasteiger partial charge in [-0.05, 0) is 37.0 Å². The van der Waals surface area contributed by atoms with Gasteiger partial charge in [-0.15, -0.1) is 0 Å². The SMILES string of the molecule is O=C(CCc1ccc(F)cc1)N1CCCC1CO. The summed E-state index contributed by atoms with van der Waals surface area (Å²) in [7, 11) is 0. The van der Waals surface area contributed by atoms with Crippen LogP contribution in [0.15, 0.2) is 24.3 Å². The molecule has 2 rings (SSSR count). The lowest BCUT2D eigenvalue weighted by molar-refractivity contribution is -0.132. The third-order valence-electron chi connectivity index (χ3n) is 3.45. The van der Waals surface area contributed by atoms with Crippen LogP contribution in [0.2, 0.25) is 0 Å². The molecule has 1 aromatic rings. The fraction of sp³-hybridized carbons (Fsp3) is 0.500. The third kappa shape index (κ3) is 3.07. The van der Waals surface area contributed by atoms with Crippen LogP contribution in [-0.2, 0) is 11.2 Å². The molecule has 1 aliphatic rings. The highest BCUT2D eigenvalue weighted by molar-refractivity contribution is 5.77. The third-order valence-corrected chi connectivity index (χ3v) is 3.45. The molecule has 0 spiro atoms. The molecule has 0 saturated carbocycles. The zero-order chi connectivity index (χ0) is 13.0. The van der Waals surface area contributed by atoms with Crippen LogP contribution in [0.1, 0.15) is 24.8 Å². The van der Waals surface area contributed by atoms with Crippen LogP contribution < -0.4 is 0 Å². The summed E-state index contributed by atoms with van der Waals surface area (Å²) in [4.78, 5) is 13.8. The van der Waals surface area contributed by atoms with E-state index >= 15 is 0 Å². The zero-order valence-electron chi connectivity index (χ0n) is 10.3. The van der Waals surface area contributed by atoms with Crippen LogP contribution in [-0.4, -0.2) is 35.1 Å². The number of rotatable bonds is 4. The Labute approximate surface area is 106 Å². The lowest BCUT2D eigenvalue weighted by Gasteiger charge is -2.23. The normalized spacial score (nSPS) is 19.2. The summed E-state index contributed by atoms with van der Waals surface area (Å²) >= 11 is 0. The summed E-state index contributed by atoms with van der Waals surface area (Å²) in [6.45, 7) is 0.787. The second-order valence-electron chi connectivity index (χ2n) is 4.69. The van der Waals surface area contributed by atoms with Crippen LogP contribution in [0.5, 0.6) is 0 Å². The number of aryl methyl sites for hydroxylation is 1. The lowest BCUT2D eigenvalue weighted by Crippen LogP contribution is -2.37. The van der Waals surface area contributed by atoms with Gasteiger partial charge in [-0.25, -0.2) is 4.39 Å². The van der Waals surface area contributed by atoms with E-state index in [-0.39, 0.29) is 24.4 Å². The number of benzene rings is 1. The fourth-order valence-corrected chi connectivity index (χ4v) is 2.40. The molecule has 1 aliphatic heterocycles. The minimum atomic E-state index is -0.259. The monoisotopic (exact) mass is 251 g/mol. The predicted octanol–water partition coefficient (Wildman–Crippen LogP) is 1.74. The molecule has 1 fully saturated rings. The first-order valence-corrected chi connectivity index (χ1v) is 6.35. The number of carbonyl (C=O) groups excluding carboxylic acids is 1. The number of amides is 1. The van der Waals surface area contributed by atoms with Gasteiger partial charge in [0.25, 0.3) is 0 Å². The van der Waals surface area contributed by atoms with Crippen molar-refractivity contribution in [2.75, 3.05) is 13.2 Å². The largest absolute Gasteiger partial charge is 0.394 e. The second-order valence-corrected chi connectivity index (χ2v) is 4.69. The van der Waals surface area contributed by atoms with Crippen molar-refractivity contribution >= 4 is 5.91 Å². The molecule has 1 unspecified atom stereocenters. The summed E-state index contributed by atoms with van der Waals surface area (Å²) in [5.41, 5.74) is 0.962. The van der Waals surface area contributed by atoms with E-state index < -0.39 is 0 Å². The topological polar surface area (TPSA) is 40.5 Å². The Morgan fingerprint density at radius 2 is 2.11 bits per heavy atom. The van der Waals surface area contributed by atoms with Crippen LogP contribution in [0.4, 0.5) is 4.39 Å². The minimum absolute atomic E-state index is 0.00859. The first kappa shape index (κ1) is 13.0. The van der Waals surface area contributed by atoms with Gasteiger partial charge in [0.1, 0.15) is 5.82 Å². The van der Waals surface area contributed by atoms with Crippen molar-refractivity contribution in [3.05, 3.63) is 35.6 Å². The van der Waals surface area contributed by atoms with Crippen LogP contribution in [0.25, 0.3) is 0 Å². The molecular formula is C14H18FNO2. The molecule has 1 N–H and O–H groups in total. The maximum Gasteiger partial charge on any atom is 0.223 e. The number of likely N-dealkylation sites (tertiary alicyclic amines) is 1. The smallest absolute Gasteiger partial charge is 0.223 e. The predicted molar refractivity (Wildman–Crippen MR) is 66.5 cm³/mol. The highest BCUT2D eigenvalue weighted by atomic mass is 19.1. The Morgan fingerprint density at radius 1 is 1.39 bits per heavy atom. The van der Waals surface area contributed by atoms with Crippen molar-refractivity contribution in [3.63, 3.8) is 0 Å². The molecule has 1 saturated heterocycles. The molecule has 3 nitrogen and oxygen atoms in total. The standard InChI is InChI=1S/C14H18FNO2/c15-12-6-3-11(4-7-12)5-8-14(18)16-9-1-2-13(16)10-17/h3-4,6-7,13,17H,1-2,5,8-10H2. The summed E-state index contributed by atoms with van der Waals surface area (Å²) < 4.78 is 12.7. The van der Waals surface area contributed by atoms with E-state index in [1.165, 1.54) is 12.1 Å². The molecular weight excluding hydrogens is 233 g/mol. The van der Waals surface area contributed by atoms with Crippen molar-refractivity contribution in [3.8, 4) is 0 Å². The molecule has 98 valence electrons. The van der Waals surface area contributed by atoms with Crippen molar-refractivity contribution in [1.29, 1.82) is 0 Å².